The molecular formula is C4H5O5. The molecule has 9 heavy (non-hydrogen) atoms. The molecule has 0 aliphatic carbocycles. The summed E-state index contributed by atoms with van der Waals surface area (Å²) in [4.78, 5) is 19.5. The molecule has 1 atom stereocenters. The molecule has 0 aromatic rings. The lowest BCUT2D eigenvalue weighted by atomic mass is 10.6. The van der Waals surface area contributed by atoms with Crippen LogP contribution in [-0.2, 0) is 19.4 Å². The standard InChI is InChI=1S/C4H5O5/c1-2(5)9-4(8)3(6)7/h4,8H,1H3. The van der Waals surface area contributed by atoms with Crippen LogP contribution in [0.5, 0.6) is 0 Å². The fourth-order valence-electron chi connectivity index (χ4n) is 0.205. The van der Waals surface area contributed by atoms with Crippen molar-refractivity contribution >= 4 is 11.9 Å². The van der Waals surface area contributed by atoms with Crippen molar-refractivity contribution in [3.05, 3.63) is 0 Å². The smallest absolute Gasteiger partial charge is 0.423 e. The van der Waals surface area contributed by atoms with E-state index in [9.17, 15) is 14.7 Å². The molecule has 0 aromatic carbocycles. The molecule has 0 heterocycles. The van der Waals surface area contributed by atoms with Gasteiger partial charge in [-0.25, -0.2) is 9.90 Å². The van der Waals surface area contributed by atoms with E-state index in [1.807, 2.05) is 0 Å². The van der Waals surface area contributed by atoms with Crippen LogP contribution < -0.4 is 0 Å². The van der Waals surface area contributed by atoms with E-state index in [2.05, 4.69) is 4.74 Å². The third kappa shape index (κ3) is 3.48. The highest BCUT2D eigenvalue weighted by Gasteiger charge is 2.17. The fourth-order valence-corrected chi connectivity index (χ4v) is 0.205. The van der Waals surface area contributed by atoms with Crippen molar-refractivity contribution in [3.63, 3.8) is 0 Å². The topological polar surface area (TPSA) is 83.5 Å². The summed E-state index contributed by atoms with van der Waals surface area (Å²) in [6.45, 7) is 0.978. The molecule has 0 bridgehead atoms. The monoisotopic (exact) mass is 133 g/mol. The average molecular weight is 133 g/mol. The van der Waals surface area contributed by atoms with Gasteiger partial charge in [0.15, 0.2) is 0 Å². The van der Waals surface area contributed by atoms with Gasteiger partial charge >= 0.3 is 18.2 Å². The maximum Gasteiger partial charge on any atom is 0.423 e. The summed E-state index contributed by atoms with van der Waals surface area (Å²) in [6, 6.07) is 0. The Hall–Kier alpha value is -1.10. The molecule has 0 fully saturated rings. The van der Waals surface area contributed by atoms with Crippen LogP contribution in [0.4, 0.5) is 0 Å². The van der Waals surface area contributed by atoms with E-state index in [1.165, 1.54) is 0 Å². The van der Waals surface area contributed by atoms with E-state index in [0.29, 0.717) is 0 Å². The zero-order valence-corrected chi connectivity index (χ0v) is 4.66. The van der Waals surface area contributed by atoms with Gasteiger partial charge in [0.1, 0.15) is 0 Å². The first-order valence-electron chi connectivity index (χ1n) is 2.10. The quantitative estimate of drug-likeness (QED) is 0.379. The summed E-state index contributed by atoms with van der Waals surface area (Å²) in [7, 11) is 0. The molecule has 1 N–H and O–H groups in total. The Labute approximate surface area is 50.9 Å². The van der Waals surface area contributed by atoms with Crippen molar-refractivity contribution in [2.45, 2.75) is 13.2 Å². The normalized spacial score (nSPS) is 12.2. The molecule has 0 saturated heterocycles. The lowest BCUT2D eigenvalue weighted by molar-refractivity contribution is -0.189. The largest absolute Gasteiger partial charge is 0.424 e. The van der Waals surface area contributed by atoms with Gasteiger partial charge in [-0.15, -0.1) is 0 Å². The molecule has 5 nitrogen and oxygen atoms in total. The summed E-state index contributed by atoms with van der Waals surface area (Å²) in [6.07, 6.45) is -2.15. The van der Waals surface area contributed by atoms with Gasteiger partial charge in [0.25, 0.3) is 0 Å². The molecule has 0 aromatic heterocycles. The SMILES string of the molecule is CC(=O)OC(O)C([O])=O. The zero-order valence-electron chi connectivity index (χ0n) is 4.66. The Bertz CT molecular complexity index is 129. The van der Waals surface area contributed by atoms with E-state index >= 15 is 0 Å². The first-order chi connectivity index (χ1) is 4.04. The summed E-state index contributed by atoms with van der Waals surface area (Å²) in [5.74, 6) is -2.70. The molecule has 5 heteroatoms. The molecule has 0 aliphatic heterocycles. The highest BCUT2D eigenvalue weighted by atomic mass is 16.7. The van der Waals surface area contributed by atoms with Crippen molar-refractivity contribution in [2.24, 2.45) is 0 Å². The number of ether oxygens (including phenoxy) is 1. The first kappa shape index (κ1) is 7.90. The van der Waals surface area contributed by atoms with Crippen LogP contribution in [0.2, 0.25) is 0 Å². The lowest BCUT2D eigenvalue weighted by Crippen LogP contribution is -2.24. The van der Waals surface area contributed by atoms with Gasteiger partial charge in [0, 0.05) is 6.92 Å². The molecule has 0 rings (SSSR count). The van der Waals surface area contributed by atoms with Gasteiger partial charge in [-0.2, -0.15) is 0 Å². The second kappa shape index (κ2) is 3.03. The highest BCUT2D eigenvalue weighted by molar-refractivity contribution is 5.74. The van der Waals surface area contributed by atoms with Gasteiger partial charge in [0.05, 0.1) is 0 Å². The minimum atomic E-state index is -2.15. The second-order valence-electron chi connectivity index (χ2n) is 1.28. The molecule has 0 aliphatic rings. The van der Waals surface area contributed by atoms with Crippen molar-refractivity contribution in [1.29, 1.82) is 0 Å². The number of carbonyl (C=O) groups excluding carboxylic acids is 2. The Balaban J connectivity index is 3.63. The van der Waals surface area contributed by atoms with Gasteiger partial charge < -0.3 is 9.84 Å². The van der Waals surface area contributed by atoms with E-state index in [4.69, 9.17) is 5.11 Å². The maximum atomic E-state index is 9.89. The van der Waals surface area contributed by atoms with Crippen LogP contribution in [0.3, 0.4) is 0 Å². The molecule has 0 amide bonds. The molecular weight excluding hydrogens is 128 g/mol. The molecule has 0 saturated carbocycles. The number of rotatable bonds is 2. The predicted molar refractivity (Wildman–Crippen MR) is 23.5 cm³/mol. The van der Waals surface area contributed by atoms with Crippen LogP contribution in [-0.4, -0.2) is 23.3 Å². The van der Waals surface area contributed by atoms with Crippen molar-refractivity contribution in [3.8, 4) is 0 Å². The van der Waals surface area contributed by atoms with Gasteiger partial charge in [-0.05, 0) is 0 Å². The van der Waals surface area contributed by atoms with Crippen LogP contribution in [0.1, 0.15) is 6.92 Å². The maximum absolute atomic E-state index is 9.89. The first-order valence-corrected chi connectivity index (χ1v) is 2.10. The van der Waals surface area contributed by atoms with Gasteiger partial charge in [-0.1, -0.05) is 0 Å². The van der Waals surface area contributed by atoms with Crippen molar-refractivity contribution < 1.29 is 24.5 Å². The van der Waals surface area contributed by atoms with Crippen LogP contribution >= 0.6 is 0 Å². The van der Waals surface area contributed by atoms with E-state index < -0.39 is 18.2 Å². The molecule has 1 radical (unpaired) electrons. The number of hydrogen-bond acceptors (Lipinski definition) is 4. The fraction of sp³-hybridized carbons (Fsp3) is 0.500. The second-order valence-corrected chi connectivity index (χ2v) is 1.28. The number of hydrogen-bond donors (Lipinski definition) is 1. The van der Waals surface area contributed by atoms with E-state index in [0.717, 1.165) is 6.92 Å². The highest BCUT2D eigenvalue weighted by Crippen LogP contribution is 1.86. The van der Waals surface area contributed by atoms with Crippen LogP contribution in [0.25, 0.3) is 0 Å². The van der Waals surface area contributed by atoms with Crippen LogP contribution in [0.15, 0.2) is 0 Å². The van der Waals surface area contributed by atoms with Gasteiger partial charge in [-0.3, -0.25) is 4.79 Å². The number of carbonyl (C=O) groups is 2. The Kier molecular flexibility index (Phi) is 2.66. The van der Waals surface area contributed by atoms with Crippen molar-refractivity contribution in [2.75, 3.05) is 0 Å². The Morgan fingerprint density at radius 2 is 2.00 bits per heavy atom. The molecule has 0 spiro atoms. The van der Waals surface area contributed by atoms with Crippen LogP contribution in [0, 0.1) is 0 Å². The zero-order chi connectivity index (χ0) is 7.44. The lowest BCUT2D eigenvalue weighted by Gasteiger charge is -2.01. The predicted octanol–water partition coefficient (Wildman–Crippen LogP) is -1.18. The van der Waals surface area contributed by atoms with Crippen molar-refractivity contribution in [1.82, 2.24) is 0 Å². The molecule has 1 unspecified atom stereocenters. The third-order valence-corrected chi connectivity index (χ3v) is 0.479. The summed E-state index contributed by atoms with van der Waals surface area (Å²) in [5.41, 5.74) is 0. The van der Waals surface area contributed by atoms with E-state index in [1.54, 1.807) is 0 Å². The number of esters is 1. The minimum Gasteiger partial charge on any atom is -0.424 e. The molecule has 51 valence electrons. The van der Waals surface area contributed by atoms with Gasteiger partial charge in [0.2, 0.25) is 0 Å². The summed E-state index contributed by atoms with van der Waals surface area (Å²) in [5, 5.41) is 17.8. The Morgan fingerprint density at radius 3 is 2.11 bits per heavy atom. The average Bonchev–Trinajstić information content (AvgIpc) is 1.63. The summed E-state index contributed by atoms with van der Waals surface area (Å²) < 4.78 is 3.77. The minimum absolute atomic E-state index is 0.869. The third-order valence-electron chi connectivity index (χ3n) is 0.479. The summed E-state index contributed by atoms with van der Waals surface area (Å²) >= 11 is 0. The van der Waals surface area contributed by atoms with E-state index in [-0.39, 0.29) is 0 Å². The number of aliphatic hydroxyl groups is 1. The number of aliphatic hydroxyl groups excluding tert-OH is 1. The Morgan fingerprint density at radius 1 is 1.56 bits per heavy atom.